The van der Waals surface area contributed by atoms with Crippen LogP contribution < -0.4 is 5.32 Å². The third-order valence-electron chi connectivity index (χ3n) is 4.15. The molecule has 88 valence electrons. The molecule has 1 fully saturated rings. The molecule has 1 aliphatic carbocycles. The predicted octanol–water partition coefficient (Wildman–Crippen LogP) is 4.03. The molecule has 1 aliphatic heterocycles. The minimum atomic E-state index is 0. The SMILES string of the molecule is Cl.c1ccc2c(c1)CC1(CCCCC1)CN2. The molecular weight excluding hydrogens is 218 g/mol. The van der Waals surface area contributed by atoms with Crippen LogP contribution in [0.5, 0.6) is 0 Å². The lowest BCUT2D eigenvalue weighted by atomic mass is 9.68. The van der Waals surface area contributed by atoms with Crippen molar-refractivity contribution in [1.82, 2.24) is 0 Å². The van der Waals surface area contributed by atoms with Crippen molar-refractivity contribution in [3.63, 3.8) is 0 Å². The molecule has 0 amide bonds. The van der Waals surface area contributed by atoms with Crippen LogP contribution >= 0.6 is 12.4 Å². The summed E-state index contributed by atoms with van der Waals surface area (Å²) >= 11 is 0. The second-order valence-electron chi connectivity index (χ2n) is 5.25. The normalized spacial score (nSPS) is 21.8. The zero-order chi connectivity index (χ0) is 10.1. The molecule has 0 radical (unpaired) electrons. The van der Waals surface area contributed by atoms with Gasteiger partial charge < -0.3 is 5.32 Å². The molecule has 0 unspecified atom stereocenters. The van der Waals surface area contributed by atoms with E-state index in [1.807, 2.05) is 0 Å². The van der Waals surface area contributed by atoms with E-state index >= 15 is 0 Å². The monoisotopic (exact) mass is 237 g/mol. The number of rotatable bonds is 0. The van der Waals surface area contributed by atoms with Gasteiger partial charge in [0.2, 0.25) is 0 Å². The van der Waals surface area contributed by atoms with Gasteiger partial charge in [-0.15, -0.1) is 12.4 Å². The molecule has 0 bridgehead atoms. The molecule has 1 heterocycles. The summed E-state index contributed by atoms with van der Waals surface area (Å²) in [4.78, 5) is 0. The van der Waals surface area contributed by atoms with Crippen molar-refractivity contribution in [2.45, 2.75) is 38.5 Å². The number of hydrogen-bond acceptors (Lipinski definition) is 1. The number of benzene rings is 1. The van der Waals surface area contributed by atoms with Gasteiger partial charge in [0.15, 0.2) is 0 Å². The average molecular weight is 238 g/mol. The van der Waals surface area contributed by atoms with E-state index in [2.05, 4.69) is 29.6 Å². The van der Waals surface area contributed by atoms with Gasteiger partial charge in [-0.2, -0.15) is 0 Å². The molecule has 1 aromatic carbocycles. The first kappa shape index (κ1) is 11.8. The maximum absolute atomic E-state index is 3.62. The van der Waals surface area contributed by atoms with Crippen molar-refractivity contribution in [2.75, 3.05) is 11.9 Å². The lowest BCUT2D eigenvalue weighted by molar-refractivity contribution is 0.199. The van der Waals surface area contributed by atoms with Gasteiger partial charge in [0.1, 0.15) is 0 Å². The van der Waals surface area contributed by atoms with Crippen molar-refractivity contribution in [1.29, 1.82) is 0 Å². The molecule has 1 spiro atoms. The van der Waals surface area contributed by atoms with Crippen LogP contribution in [0.25, 0.3) is 0 Å². The largest absolute Gasteiger partial charge is 0.384 e. The maximum atomic E-state index is 3.62. The fourth-order valence-electron chi connectivity index (χ4n) is 3.25. The van der Waals surface area contributed by atoms with Gasteiger partial charge >= 0.3 is 0 Å². The van der Waals surface area contributed by atoms with Crippen LogP contribution in [0.15, 0.2) is 24.3 Å². The minimum Gasteiger partial charge on any atom is -0.384 e. The lowest BCUT2D eigenvalue weighted by Gasteiger charge is -2.41. The molecule has 1 N–H and O–H groups in total. The number of anilines is 1. The first-order chi connectivity index (χ1) is 7.38. The van der Waals surface area contributed by atoms with E-state index in [0.29, 0.717) is 5.41 Å². The van der Waals surface area contributed by atoms with Crippen LogP contribution in [0.1, 0.15) is 37.7 Å². The van der Waals surface area contributed by atoms with Crippen LogP contribution in [0.4, 0.5) is 5.69 Å². The summed E-state index contributed by atoms with van der Waals surface area (Å²) in [7, 11) is 0. The first-order valence-corrected chi connectivity index (χ1v) is 6.20. The Morgan fingerprint density at radius 2 is 1.75 bits per heavy atom. The Hall–Kier alpha value is -0.690. The summed E-state index contributed by atoms with van der Waals surface area (Å²) in [6.45, 7) is 1.20. The number of halogens is 1. The third-order valence-corrected chi connectivity index (χ3v) is 4.15. The summed E-state index contributed by atoms with van der Waals surface area (Å²) < 4.78 is 0. The number of nitrogens with one attached hydrogen (secondary N) is 1. The molecule has 0 aromatic heterocycles. The number of fused-ring (bicyclic) bond motifs is 1. The Labute approximate surface area is 104 Å². The molecule has 3 rings (SSSR count). The predicted molar refractivity (Wildman–Crippen MR) is 71.4 cm³/mol. The van der Waals surface area contributed by atoms with Crippen LogP contribution in [0.3, 0.4) is 0 Å². The van der Waals surface area contributed by atoms with Crippen LogP contribution in [-0.4, -0.2) is 6.54 Å². The van der Waals surface area contributed by atoms with Crippen molar-refractivity contribution in [2.24, 2.45) is 5.41 Å². The average Bonchev–Trinajstić information content (AvgIpc) is 2.30. The first-order valence-electron chi connectivity index (χ1n) is 6.20. The molecule has 2 heteroatoms. The quantitative estimate of drug-likeness (QED) is 0.719. The van der Waals surface area contributed by atoms with E-state index in [9.17, 15) is 0 Å². The smallest absolute Gasteiger partial charge is 0.0373 e. The summed E-state index contributed by atoms with van der Waals surface area (Å²) in [5, 5.41) is 3.62. The minimum absolute atomic E-state index is 0. The Morgan fingerprint density at radius 3 is 2.56 bits per heavy atom. The van der Waals surface area contributed by atoms with E-state index in [0.717, 1.165) is 0 Å². The highest BCUT2D eigenvalue weighted by atomic mass is 35.5. The number of para-hydroxylation sites is 1. The Balaban J connectivity index is 0.000000963. The van der Waals surface area contributed by atoms with Crippen molar-refractivity contribution in [3.8, 4) is 0 Å². The fraction of sp³-hybridized carbons (Fsp3) is 0.571. The van der Waals surface area contributed by atoms with Crippen LogP contribution in [-0.2, 0) is 6.42 Å². The van der Waals surface area contributed by atoms with E-state index in [1.165, 1.54) is 56.3 Å². The molecule has 2 aliphatic rings. The number of hydrogen-bond donors (Lipinski definition) is 1. The molecule has 0 saturated heterocycles. The Morgan fingerprint density at radius 1 is 1.00 bits per heavy atom. The maximum Gasteiger partial charge on any atom is 0.0373 e. The van der Waals surface area contributed by atoms with Gasteiger partial charge in [-0.3, -0.25) is 0 Å². The van der Waals surface area contributed by atoms with Gasteiger partial charge in [-0.25, -0.2) is 0 Å². The highest BCUT2D eigenvalue weighted by Gasteiger charge is 2.35. The zero-order valence-electron chi connectivity index (χ0n) is 9.67. The molecule has 1 saturated carbocycles. The summed E-state index contributed by atoms with van der Waals surface area (Å²) in [6, 6.07) is 8.80. The molecule has 16 heavy (non-hydrogen) atoms. The third kappa shape index (κ3) is 2.06. The van der Waals surface area contributed by atoms with Gasteiger partial charge in [-0.1, -0.05) is 37.5 Å². The van der Waals surface area contributed by atoms with Crippen molar-refractivity contribution >= 4 is 18.1 Å². The van der Waals surface area contributed by atoms with E-state index in [4.69, 9.17) is 0 Å². The standard InChI is InChI=1S/C14H19N.ClH/c1-4-8-14(9-5-1)10-12-6-2-3-7-13(12)15-11-14;/h2-3,6-7,15H,1,4-5,8-11H2;1H. The topological polar surface area (TPSA) is 12.0 Å². The zero-order valence-corrected chi connectivity index (χ0v) is 10.5. The van der Waals surface area contributed by atoms with E-state index < -0.39 is 0 Å². The van der Waals surface area contributed by atoms with E-state index in [-0.39, 0.29) is 12.4 Å². The second-order valence-corrected chi connectivity index (χ2v) is 5.25. The van der Waals surface area contributed by atoms with Crippen LogP contribution in [0.2, 0.25) is 0 Å². The summed E-state index contributed by atoms with van der Waals surface area (Å²) in [5.41, 5.74) is 3.49. The van der Waals surface area contributed by atoms with Gasteiger partial charge in [0.05, 0.1) is 0 Å². The van der Waals surface area contributed by atoms with Crippen molar-refractivity contribution < 1.29 is 0 Å². The summed E-state index contributed by atoms with van der Waals surface area (Å²) in [6.07, 6.45) is 8.47. The molecular formula is C14H20ClN. The van der Waals surface area contributed by atoms with Gasteiger partial charge in [-0.05, 0) is 36.3 Å². The Bertz CT molecular complexity index is 356. The molecule has 0 atom stereocenters. The summed E-state index contributed by atoms with van der Waals surface area (Å²) in [5.74, 6) is 0. The van der Waals surface area contributed by atoms with E-state index in [1.54, 1.807) is 0 Å². The van der Waals surface area contributed by atoms with Crippen LogP contribution in [0, 0.1) is 5.41 Å². The second kappa shape index (κ2) is 4.67. The highest BCUT2D eigenvalue weighted by molar-refractivity contribution is 5.85. The van der Waals surface area contributed by atoms with Gasteiger partial charge in [0.25, 0.3) is 0 Å². The lowest BCUT2D eigenvalue weighted by Crippen LogP contribution is -2.37. The molecule has 1 nitrogen and oxygen atoms in total. The van der Waals surface area contributed by atoms with Crippen molar-refractivity contribution in [3.05, 3.63) is 29.8 Å². The molecule has 1 aromatic rings. The Kier molecular flexibility index (Phi) is 3.44. The highest BCUT2D eigenvalue weighted by Crippen LogP contribution is 2.43. The fourth-order valence-corrected chi connectivity index (χ4v) is 3.25. The van der Waals surface area contributed by atoms with Gasteiger partial charge in [0, 0.05) is 12.2 Å².